The zero-order valence-electron chi connectivity index (χ0n) is 16.6. The standard InChI is InChI=1S/C15H21N6O10P/c1-8-17-6-11(21(25)26)19(8)4-5-29-32(27,28)31-13-9(7-22)30-14(12(13)23)20-3-2-10(16)18-15(20)24/h2-3,6,9,12-14,22-23H,4-5,7H2,1H3,(H,27,28)(H2,16,18,24)/t9-,12-,13-,14-/m1/s1. The summed E-state index contributed by atoms with van der Waals surface area (Å²) < 4.78 is 29.7. The number of aryl methyl sites for hydroxylation is 1. The lowest BCUT2D eigenvalue weighted by molar-refractivity contribution is -0.392. The van der Waals surface area contributed by atoms with Crippen LogP contribution < -0.4 is 11.4 Å². The molecule has 2 aromatic rings. The van der Waals surface area contributed by atoms with Crippen LogP contribution in [-0.4, -0.2) is 70.7 Å². The van der Waals surface area contributed by atoms with E-state index in [0.29, 0.717) is 5.82 Å². The van der Waals surface area contributed by atoms with Crippen molar-refractivity contribution in [2.24, 2.45) is 0 Å². The zero-order valence-corrected chi connectivity index (χ0v) is 17.5. The van der Waals surface area contributed by atoms with Crippen molar-refractivity contribution in [3.63, 3.8) is 0 Å². The van der Waals surface area contributed by atoms with Gasteiger partial charge in [0, 0.05) is 13.1 Å². The molecule has 3 rings (SSSR count). The molecule has 1 unspecified atom stereocenters. The van der Waals surface area contributed by atoms with Gasteiger partial charge in [-0.1, -0.05) is 0 Å². The fraction of sp³-hybridized carbons (Fsp3) is 0.533. The van der Waals surface area contributed by atoms with Crippen LogP contribution in [0, 0.1) is 17.0 Å². The van der Waals surface area contributed by atoms with Crippen molar-refractivity contribution in [1.82, 2.24) is 19.1 Å². The van der Waals surface area contributed by atoms with Gasteiger partial charge in [0.2, 0.25) is 0 Å². The lowest BCUT2D eigenvalue weighted by atomic mass is 10.1. The molecule has 0 radical (unpaired) electrons. The Kier molecular flexibility index (Phi) is 7.04. The fourth-order valence-electron chi connectivity index (χ4n) is 3.16. The zero-order chi connectivity index (χ0) is 23.6. The summed E-state index contributed by atoms with van der Waals surface area (Å²) in [6.07, 6.45) is -3.62. The number of nitro groups is 1. The Labute approximate surface area is 179 Å². The number of aliphatic hydroxyl groups is 2. The minimum absolute atomic E-state index is 0.0631. The Morgan fingerprint density at radius 1 is 1.47 bits per heavy atom. The summed E-state index contributed by atoms with van der Waals surface area (Å²) in [5, 5.41) is 31.0. The van der Waals surface area contributed by atoms with Gasteiger partial charge in [0.1, 0.15) is 36.9 Å². The Morgan fingerprint density at radius 2 is 2.19 bits per heavy atom. The summed E-state index contributed by atoms with van der Waals surface area (Å²) in [6, 6.07) is 1.27. The molecule has 0 aromatic carbocycles. The van der Waals surface area contributed by atoms with Crippen molar-refractivity contribution in [3.05, 3.63) is 44.9 Å². The van der Waals surface area contributed by atoms with Gasteiger partial charge in [-0.25, -0.2) is 18.9 Å². The summed E-state index contributed by atoms with van der Waals surface area (Å²) in [5.74, 6) is -0.101. The van der Waals surface area contributed by atoms with Gasteiger partial charge in [0.05, 0.1) is 13.2 Å². The highest BCUT2D eigenvalue weighted by Gasteiger charge is 2.49. The number of nitrogens with two attached hydrogens (primary N) is 1. The highest BCUT2D eigenvalue weighted by molar-refractivity contribution is 7.47. The summed E-state index contributed by atoms with van der Waals surface area (Å²) in [6.45, 7) is 0.145. The maximum atomic E-state index is 12.4. The molecule has 5 N–H and O–H groups in total. The van der Waals surface area contributed by atoms with Crippen LogP contribution in [0.15, 0.2) is 23.3 Å². The number of hydrogen-bond donors (Lipinski definition) is 4. The van der Waals surface area contributed by atoms with Crippen LogP contribution in [0.25, 0.3) is 0 Å². The summed E-state index contributed by atoms with van der Waals surface area (Å²) in [5.41, 5.74) is 4.57. The quantitative estimate of drug-likeness (QED) is 0.187. The van der Waals surface area contributed by atoms with E-state index in [1.165, 1.54) is 23.8 Å². The number of aliphatic hydroxyl groups excluding tert-OH is 2. The SMILES string of the molecule is Cc1ncc([N+](=O)[O-])n1CCOP(=O)(O)O[C@H]1[C@@H](O)[C@H](n2ccc(N)nc2=O)O[C@@H]1CO. The van der Waals surface area contributed by atoms with Gasteiger partial charge in [-0.2, -0.15) is 4.98 Å². The van der Waals surface area contributed by atoms with Gasteiger partial charge < -0.3 is 35.7 Å². The van der Waals surface area contributed by atoms with E-state index >= 15 is 0 Å². The Bertz CT molecular complexity index is 1090. The highest BCUT2D eigenvalue weighted by atomic mass is 31.2. The van der Waals surface area contributed by atoms with Gasteiger partial charge in [-0.05, 0) is 11.0 Å². The third-order valence-corrected chi connectivity index (χ3v) is 5.68. The third-order valence-electron chi connectivity index (χ3n) is 4.66. The van der Waals surface area contributed by atoms with Crippen molar-refractivity contribution >= 4 is 19.5 Å². The maximum absolute atomic E-state index is 12.4. The highest BCUT2D eigenvalue weighted by Crippen LogP contribution is 2.48. The average molecular weight is 476 g/mol. The topological polar surface area (TPSA) is 227 Å². The van der Waals surface area contributed by atoms with E-state index in [1.807, 2.05) is 0 Å². The van der Waals surface area contributed by atoms with Gasteiger partial charge >= 0.3 is 19.3 Å². The number of imidazole rings is 1. The van der Waals surface area contributed by atoms with E-state index in [-0.39, 0.29) is 18.2 Å². The van der Waals surface area contributed by atoms with E-state index in [4.69, 9.17) is 19.5 Å². The van der Waals surface area contributed by atoms with Crippen molar-refractivity contribution < 1.29 is 38.4 Å². The second-order valence-electron chi connectivity index (χ2n) is 6.72. The number of rotatable bonds is 9. The number of phosphoric ester groups is 1. The molecule has 5 atom stereocenters. The van der Waals surface area contributed by atoms with Crippen LogP contribution in [0.2, 0.25) is 0 Å². The number of anilines is 1. The van der Waals surface area contributed by atoms with E-state index in [0.717, 1.165) is 10.8 Å². The molecule has 32 heavy (non-hydrogen) atoms. The first-order valence-corrected chi connectivity index (χ1v) is 10.6. The van der Waals surface area contributed by atoms with E-state index in [2.05, 4.69) is 9.97 Å². The van der Waals surface area contributed by atoms with Crippen LogP contribution >= 0.6 is 7.82 Å². The Hall–Kier alpha value is -2.72. The second kappa shape index (κ2) is 9.41. The molecule has 1 fully saturated rings. The molecular formula is C15H21N6O10P. The normalized spacial score (nSPS) is 25.0. The molecule has 0 saturated carbocycles. The number of aromatic nitrogens is 4. The maximum Gasteiger partial charge on any atom is 0.472 e. The molecule has 0 aliphatic carbocycles. The number of nitrogen functional groups attached to an aromatic ring is 1. The second-order valence-corrected chi connectivity index (χ2v) is 8.13. The molecule has 2 aromatic heterocycles. The van der Waals surface area contributed by atoms with Crippen molar-refractivity contribution in [2.75, 3.05) is 18.9 Å². The molecule has 17 heteroatoms. The molecule has 1 saturated heterocycles. The molecule has 1 aliphatic rings. The number of hydrogen-bond acceptors (Lipinski definition) is 12. The summed E-state index contributed by atoms with van der Waals surface area (Å²) >= 11 is 0. The number of phosphoric acid groups is 1. The van der Waals surface area contributed by atoms with Gasteiger partial charge in [0.25, 0.3) is 0 Å². The molecule has 1 aliphatic heterocycles. The average Bonchev–Trinajstić information content (AvgIpc) is 3.22. The minimum Gasteiger partial charge on any atom is -0.394 e. The van der Waals surface area contributed by atoms with Crippen LogP contribution in [0.3, 0.4) is 0 Å². The van der Waals surface area contributed by atoms with Crippen LogP contribution in [-0.2, 0) is 24.9 Å². The monoisotopic (exact) mass is 476 g/mol. The summed E-state index contributed by atoms with van der Waals surface area (Å²) in [4.78, 5) is 39.7. The smallest absolute Gasteiger partial charge is 0.394 e. The first-order valence-electron chi connectivity index (χ1n) is 9.15. The molecule has 0 spiro atoms. The molecule has 0 amide bonds. The third kappa shape index (κ3) is 5.02. The fourth-order valence-corrected chi connectivity index (χ4v) is 4.10. The van der Waals surface area contributed by atoms with Crippen LogP contribution in [0.1, 0.15) is 12.1 Å². The molecule has 0 bridgehead atoms. The number of nitrogens with zero attached hydrogens (tertiary/aromatic N) is 5. The molecule has 16 nitrogen and oxygen atoms in total. The van der Waals surface area contributed by atoms with Gasteiger partial charge in [0.15, 0.2) is 12.1 Å². The van der Waals surface area contributed by atoms with Gasteiger partial charge in [-0.3, -0.25) is 13.6 Å². The Morgan fingerprint density at radius 3 is 2.81 bits per heavy atom. The minimum atomic E-state index is -4.82. The van der Waals surface area contributed by atoms with E-state index in [9.17, 15) is 34.6 Å². The van der Waals surface area contributed by atoms with E-state index < -0.39 is 56.2 Å². The van der Waals surface area contributed by atoms with Crippen LogP contribution in [0.5, 0.6) is 0 Å². The predicted molar refractivity (Wildman–Crippen MR) is 104 cm³/mol. The lowest BCUT2D eigenvalue weighted by Gasteiger charge is -2.22. The Balaban J connectivity index is 1.68. The first kappa shape index (κ1) is 23.9. The molecule has 176 valence electrons. The molecular weight excluding hydrogens is 455 g/mol. The summed E-state index contributed by atoms with van der Waals surface area (Å²) in [7, 11) is -4.82. The van der Waals surface area contributed by atoms with Gasteiger partial charge in [-0.15, -0.1) is 0 Å². The number of ether oxygens (including phenoxy) is 1. The van der Waals surface area contributed by atoms with Crippen molar-refractivity contribution in [1.29, 1.82) is 0 Å². The largest absolute Gasteiger partial charge is 0.472 e. The predicted octanol–water partition coefficient (Wildman–Crippen LogP) is -1.31. The van der Waals surface area contributed by atoms with Crippen molar-refractivity contribution in [3.8, 4) is 0 Å². The van der Waals surface area contributed by atoms with Crippen molar-refractivity contribution in [2.45, 2.75) is 38.0 Å². The first-order chi connectivity index (χ1) is 15.0. The lowest BCUT2D eigenvalue weighted by Crippen LogP contribution is -2.37. The van der Waals surface area contributed by atoms with Crippen LogP contribution in [0.4, 0.5) is 11.6 Å². The molecule has 3 heterocycles. The van der Waals surface area contributed by atoms with E-state index in [1.54, 1.807) is 0 Å².